The topological polar surface area (TPSA) is 106 Å². The molecule has 3 amide bonds. The van der Waals surface area contributed by atoms with Gasteiger partial charge in [-0.3, -0.25) is 24.2 Å². The molecule has 1 aliphatic carbocycles. The predicted molar refractivity (Wildman–Crippen MR) is 137 cm³/mol. The molecule has 2 aromatic carbocycles. The zero-order valence-corrected chi connectivity index (χ0v) is 21.8. The Morgan fingerprint density at radius 3 is 2.53 bits per heavy atom. The van der Waals surface area contributed by atoms with Crippen LogP contribution < -0.4 is 9.47 Å². The Bertz CT molecular complexity index is 1210. The number of hydrogen-bond acceptors (Lipinski definition) is 7. The minimum absolute atomic E-state index is 0.0279. The van der Waals surface area contributed by atoms with Gasteiger partial charge in [-0.25, -0.2) is 4.39 Å². The lowest BCUT2D eigenvalue weighted by molar-refractivity contribution is -0.138. The van der Waals surface area contributed by atoms with Gasteiger partial charge in [0.25, 0.3) is 5.91 Å². The largest absolute Gasteiger partial charge is 0.493 e. The molecule has 0 spiro atoms. The van der Waals surface area contributed by atoms with Crippen molar-refractivity contribution in [3.63, 3.8) is 0 Å². The lowest BCUT2D eigenvalue weighted by Gasteiger charge is -2.32. The van der Waals surface area contributed by atoms with Gasteiger partial charge in [0.15, 0.2) is 11.5 Å². The quantitative estimate of drug-likeness (QED) is 0.266. The molecule has 9 nitrogen and oxygen atoms in total. The Balaban J connectivity index is 1.52. The van der Waals surface area contributed by atoms with Crippen LogP contribution in [0, 0.1) is 16.6 Å². The Kier molecular flexibility index (Phi) is 9.06. The Morgan fingerprint density at radius 1 is 1.16 bits per heavy atom. The van der Waals surface area contributed by atoms with Crippen LogP contribution in [0.4, 0.5) is 4.39 Å². The highest BCUT2D eigenvalue weighted by molar-refractivity contribution is 6.30. The van der Waals surface area contributed by atoms with Crippen molar-refractivity contribution < 1.29 is 28.2 Å². The molecule has 1 aliphatic heterocycles. The van der Waals surface area contributed by atoms with E-state index >= 15 is 0 Å². The molecule has 1 unspecified atom stereocenters. The summed E-state index contributed by atoms with van der Waals surface area (Å²) in [6, 6.07) is 9.20. The molecule has 38 heavy (non-hydrogen) atoms. The van der Waals surface area contributed by atoms with Gasteiger partial charge in [-0.1, -0.05) is 23.7 Å². The van der Waals surface area contributed by atoms with E-state index in [0.29, 0.717) is 36.1 Å². The SMILES string of the molecule is COc1cc(CN(CC2CC2)C(CC(=O)N=O)c2ccc(Cl)c(F)c2)ccc1OCCN1C(=O)CCC1=O. The number of carbonyl (C=O) groups is 3. The molecule has 2 aromatic rings. The molecule has 2 fully saturated rings. The molecule has 0 aromatic heterocycles. The number of carbonyl (C=O) groups excluding carboxylic acids is 3. The number of methoxy groups -OCH3 is 1. The Morgan fingerprint density at radius 2 is 1.89 bits per heavy atom. The number of benzene rings is 2. The molecule has 2 aliphatic rings. The highest BCUT2D eigenvalue weighted by Gasteiger charge is 2.31. The third-order valence-corrected chi connectivity index (χ3v) is 7.08. The average Bonchev–Trinajstić information content (AvgIpc) is 3.68. The summed E-state index contributed by atoms with van der Waals surface area (Å²) in [5.41, 5.74) is 1.38. The van der Waals surface area contributed by atoms with Gasteiger partial charge in [-0.15, -0.1) is 4.91 Å². The molecule has 1 saturated heterocycles. The van der Waals surface area contributed by atoms with Crippen LogP contribution in [-0.4, -0.2) is 54.3 Å². The minimum atomic E-state index is -0.817. The number of halogens is 2. The van der Waals surface area contributed by atoms with E-state index < -0.39 is 17.8 Å². The maximum atomic E-state index is 14.3. The first-order valence-corrected chi connectivity index (χ1v) is 12.8. The summed E-state index contributed by atoms with van der Waals surface area (Å²) in [6.07, 6.45) is 2.37. The number of rotatable bonds is 13. The number of ether oxygens (including phenoxy) is 2. The van der Waals surface area contributed by atoms with Crippen molar-refractivity contribution in [2.45, 2.75) is 44.7 Å². The number of amides is 3. The van der Waals surface area contributed by atoms with Crippen molar-refractivity contribution >= 4 is 29.3 Å². The first-order chi connectivity index (χ1) is 18.3. The summed E-state index contributed by atoms with van der Waals surface area (Å²) in [5, 5.41) is 2.54. The molecule has 4 rings (SSSR count). The second-order valence-corrected chi connectivity index (χ2v) is 9.93. The van der Waals surface area contributed by atoms with E-state index in [0.717, 1.165) is 18.4 Å². The van der Waals surface area contributed by atoms with Crippen LogP contribution in [0.15, 0.2) is 41.6 Å². The fraction of sp³-hybridized carbons (Fsp3) is 0.444. The van der Waals surface area contributed by atoms with Crippen LogP contribution in [-0.2, 0) is 20.9 Å². The molecule has 0 N–H and O–H groups in total. The van der Waals surface area contributed by atoms with Gasteiger partial charge in [-0.2, -0.15) is 0 Å². The second-order valence-electron chi connectivity index (χ2n) is 9.52. The summed E-state index contributed by atoms with van der Waals surface area (Å²) < 4.78 is 25.6. The molecular formula is C27H29ClFN3O6. The van der Waals surface area contributed by atoms with Gasteiger partial charge in [0, 0.05) is 37.1 Å². The molecule has 202 valence electrons. The number of hydrogen-bond donors (Lipinski definition) is 0. The van der Waals surface area contributed by atoms with Crippen LogP contribution in [0.1, 0.15) is 49.3 Å². The minimum Gasteiger partial charge on any atom is -0.493 e. The smallest absolute Gasteiger partial charge is 0.288 e. The predicted octanol–water partition coefficient (Wildman–Crippen LogP) is 4.65. The summed E-state index contributed by atoms with van der Waals surface area (Å²) in [6.45, 7) is 1.34. The van der Waals surface area contributed by atoms with Crippen molar-refractivity contribution in [1.82, 2.24) is 9.80 Å². The highest BCUT2D eigenvalue weighted by atomic mass is 35.5. The molecule has 1 atom stereocenters. The Labute approximate surface area is 224 Å². The molecular weight excluding hydrogens is 517 g/mol. The van der Waals surface area contributed by atoms with Crippen molar-refractivity contribution in [3.8, 4) is 11.5 Å². The van der Waals surface area contributed by atoms with Crippen molar-refractivity contribution in [3.05, 3.63) is 63.3 Å². The highest BCUT2D eigenvalue weighted by Crippen LogP contribution is 2.37. The van der Waals surface area contributed by atoms with Crippen LogP contribution in [0.2, 0.25) is 5.02 Å². The fourth-order valence-electron chi connectivity index (χ4n) is 4.60. The molecule has 1 saturated carbocycles. The molecule has 0 bridgehead atoms. The summed E-state index contributed by atoms with van der Waals surface area (Å²) in [4.78, 5) is 49.9. The van der Waals surface area contributed by atoms with Crippen LogP contribution in [0.5, 0.6) is 11.5 Å². The third kappa shape index (κ3) is 6.93. The van der Waals surface area contributed by atoms with Crippen molar-refractivity contribution in [2.24, 2.45) is 11.1 Å². The number of nitroso groups, excluding NO2 is 1. The van der Waals surface area contributed by atoms with Crippen molar-refractivity contribution in [1.29, 1.82) is 0 Å². The first kappa shape index (κ1) is 27.7. The number of likely N-dealkylation sites (tertiary alicyclic amines) is 1. The van der Waals surface area contributed by atoms with E-state index in [1.54, 1.807) is 18.2 Å². The first-order valence-electron chi connectivity index (χ1n) is 12.5. The van der Waals surface area contributed by atoms with Crippen LogP contribution in [0.25, 0.3) is 0 Å². The standard InChI is InChI=1S/C27H29ClFN3O6/c1-37-24-12-18(4-7-23(24)38-11-10-32-26(34)8-9-27(32)35)16-31(15-17-2-3-17)22(14-25(33)30-36)19-5-6-20(28)21(29)13-19/h4-7,12-13,17,22H,2-3,8-11,14-16H2,1H3. The van der Waals surface area contributed by atoms with Crippen LogP contribution >= 0.6 is 11.6 Å². The molecule has 11 heteroatoms. The Hall–Kier alpha value is -3.37. The summed E-state index contributed by atoms with van der Waals surface area (Å²) in [7, 11) is 1.51. The number of imide groups is 1. The normalized spacial score (nSPS) is 16.2. The molecule has 1 heterocycles. The summed E-state index contributed by atoms with van der Waals surface area (Å²) >= 11 is 5.87. The maximum Gasteiger partial charge on any atom is 0.288 e. The van der Waals surface area contributed by atoms with Gasteiger partial charge < -0.3 is 9.47 Å². The van der Waals surface area contributed by atoms with Crippen LogP contribution in [0.3, 0.4) is 0 Å². The van der Waals surface area contributed by atoms with E-state index in [1.165, 1.54) is 24.1 Å². The van der Waals surface area contributed by atoms with E-state index in [9.17, 15) is 23.7 Å². The maximum absolute atomic E-state index is 14.3. The van der Waals surface area contributed by atoms with Gasteiger partial charge in [0.2, 0.25) is 11.8 Å². The molecule has 0 radical (unpaired) electrons. The third-order valence-electron chi connectivity index (χ3n) is 6.77. The zero-order chi connectivity index (χ0) is 27.2. The van der Waals surface area contributed by atoms with Crippen molar-refractivity contribution in [2.75, 3.05) is 26.8 Å². The van der Waals surface area contributed by atoms with Gasteiger partial charge in [0.05, 0.1) is 25.1 Å². The fourth-order valence-corrected chi connectivity index (χ4v) is 4.71. The van der Waals surface area contributed by atoms with Gasteiger partial charge in [-0.05, 0) is 54.2 Å². The lowest BCUT2D eigenvalue weighted by atomic mass is 9.99. The lowest BCUT2D eigenvalue weighted by Crippen LogP contribution is -2.33. The van der Waals surface area contributed by atoms with Gasteiger partial charge >= 0.3 is 0 Å². The van der Waals surface area contributed by atoms with Gasteiger partial charge in [0.1, 0.15) is 12.4 Å². The monoisotopic (exact) mass is 545 g/mol. The van der Waals surface area contributed by atoms with E-state index in [2.05, 4.69) is 5.18 Å². The second kappa shape index (κ2) is 12.4. The van der Waals surface area contributed by atoms with E-state index in [4.69, 9.17) is 21.1 Å². The van der Waals surface area contributed by atoms with E-state index in [-0.39, 0.29) is 49.3 Å². The summed E-state index contributed by atoms with van der Waals surface area (Å²) in [5.74, 6) is -0.456. The number of nitrogens with zero attached hydrogens (tertiary/aromatic N) is 3. The van der Waals surface area contributed by atoms with E-state index in [1.807, 2.05) is 11.0 Å². The zero-order valence-electron chi connectivity index (χ0n) is 21.0. The average molecular weight is 546 g/mol.